The van der Waals surface area contributed by atoms with Crippen LogP contribution in [0.2, 0.25) is 0 Å². The number of sulfonamides is 1. The minimum Gasteiger partial charge on any atom is -0.497 e. The van der Waals surface area contributed by atoms with Crippen LogP contribution in [0.1, 0.15) is 11.1 Å². The predicted octanol–water partition coefficient (Wildman–Crippen LogP) is 2.99. The summed E-state index contributed by atoms with van der Waals surface area (Å²) in [5.74, 6) is -1.02. The molecule has 0 aliphatic rings. The first kappa shape index (κ1) is 27.7. The summed E-state index contributed by atoms with van der Waals surface area (Å²) >= 11 is 0. The van der Waals surface area contributed by atoms with Gasteiger partial charge in [0.25, 0.3) is 0 Å². The summed E-state index contributed by atoms with van der Waals surface area (Å²) in [6.45, 7) is -0.574. The molecule has 3 rings (SSSR count). The summed E-state index contributed by atoms with van der Waals surface area (Å²) in [6.07, 6.45) is 1.20. The molecule has 0 fully saturated rings. The Morgan fingerprint density at radius 2 is 1.65 bits per heavy atom. The van der Waals surface area contributed by atoms with Gasteiger partial charge in [-0.3, -0.25) is 13.9 Å². The molecule has 1 atom stereocenters. The minimum atomic E-state index is -3.88. The van der Waals surface area contributed by atoms with E-state index in [1.807, 2.05) is 30.3 Å². The lowest BCUT2D eigenvalue weighted by molar-refractivity contribution is -0.139. The van der Waals surface area contributed by atoms with Crippen LogP contribution < -0.4 is 14.4 Å². The number of anilines is 1. The molecule has 3 aromatic rings. The second-order valence-corrected chi connectivity index (χ2v) is 10.3. The third kappa shape index (κ3) is 7.53. The molecular formula is C27H30FN3O5S. The number of nitrogens with zero attached hydrogens (tertiary/aromatic N) is 2. The molecule has 10 heteroatoms. The van der Waals surface area contributed by atoms with Gasteiger partial charge in [0.15, 0.2) is 0 Å². The van der Waals surface area contributed by atoms with Crippen LogP contribution in [-0.2, 0) is 32.6 Å². The van der Waals surface area contributed by atoms with Crippen molar-refractivity contribution in [1.82, 2.24) is 10.2 Å². The van der Waals surface area contributed by atoms with E-state index in [9.17, 15) is 22.4 Å². The molecule has 1 N–H and O–H groups in total. The van der Waals surface area contributed by atoms with Crippen molar-refractivity contribution in [2.24, 2.45) is 0 Å². The van der Waals surface area contributed by atoms with Gasteiger partial charge in [-0.05, 0) is 35.4 Å². The lowest BCUT2D eigenvalue weighted by Gasteiger charge is -2.33. The third-order valence-corrected chi connectivity index (χ3v) is 6.94. The van der Waals surface area contributed by atoms with Gasteiger partial charge in [0.2, 0.25) is 21.8 Å². The fourth-order valence-electron chi connectivity index (χ4n) is 3.89. The molecule has 0 bridgehead atoms. The van der Waals surface area contributed by atoms with Crippen LogP contribution in [0.25, 0.3) is 0 Å². The summed E-state index contributed by atoms with van der Waals surface area (Å²) in [4.78, 5) is 28.1. The average molecular weight is 528 g/mol. The largest absolute Gasteiger partial charge is 0.497 e. The van der Waals surface area contributed by atoms with E-state index < -0.39 is 40.2 Å². The van der Waals surface area contributed by atoms with Gasteiger partial charge in [-0.2, -0.15) is 0 Å². The Morgan fingerprint density at radius 3 is 2.24 bits per heavy atom. The van der Waals surface area contributed by atoms with Crippen LogP contribution in [0.3, 0.4) is 0 Å². The first-order valence-corrected chi connectivity index (χ1v) is 13.4. The summed E-state index contributed by atoms with van der Waals surface area (Å²) in [7, 11) is -0.953. The monoisotopic (exact) mass is 527 g/mol. The van der Waals surface area contributed by atoms with Crippen LogP contribution >= 0.6 is 0 Å². The topological polar surface area (TPSA) is 96.0 Å². The zero-order valence-corrected chi connectivity index (χ0v) is 21.7. The second kappa shape index (κ2) is 12.4. The Labute approximate surface area is 216 Å². The predicted molar refractivity (Wildman–Crippen MR) is 140 cm³/mol. The molecule has 8 nitrogen and oxygen atoms in total. The molecule has 0 radical (unpaired) electrons. The number of amides is 2. The molecular weight excluding hydrogens is 497 g/mol. The molecule has 1 unspecified atom stereocenters. The number of rotatable bonds is 11. The molecule has 37 heavy (non-hydrogen) atoms. The number of hydrogen-bond acceptors (Lipinski definition) is 5. The Bertz CT molecular complexity index is 1320. The maximum absolute atomic E-state index is 13.8. The number of carbonyl (C=O) groups excluding carboxylic acids is 2. The van der Waals surface area contributed by atoms with Crippen molar-refractivity contribution < 1.29 is 27.1 Å². The quantitative estimate of drug-likeness (QED) is 0.414. The van der Waals surface area contributed by atoms with Crippen LogP contribution in [0.15, 0.2) is 78.9 Å². The molecule has 2 amide bonds. The SMILES string of the molecule is CNC(=O)C(Cc1ccccc1)N(Cc1ccc(F)cc1)C(=O)CN(c1cccc(OC)c1)S(C)(=O)=O. The second-order valence-electron chi connectivity index (χ2n) is 8.44. The smallest absolute Gasteiger partial charge is 0.244 e. The van der Waals surface area contributed by atoms with E-state index in [0.29, 0.717) is 11.3 Å². The van der Waals surface area contributed by atoms with Crippen molar-refractivity contribution in [3.05, 3.63) is 95.8 Å². The van der Waals surface area contributed by atoms with Crippen LogP contribution in [-0.4, -0.2) is 58.1 Å². The third-order valence-electron chi connectivity index (χ3n) is 5.80. The molecule has 0 heterocycles. The lowest BCUT2D eigenvalue weighted by Crippen LogP contribution is -2.52. The van der Waals surface area contributed by atoms with Gasteiger partial charge in [0.05, 0.1) is 19.1 Å². The molecule has 3 aromatic carbocycles. The standard InChI is InChI=1S/C27H30FN3O5S/c1-29-27(33)25(16-20-8-5-4-6-9-20)30(18-21-12-14-22(28)15-13-21)26(32)19-31(37(3,34)35)23-10-7-11-24(17-23)36-2/h4-15,17,25H,16,18-19H2,1-3H3,(H,29,33). The molecule has 196 valence electrons. The van der Waals surface area contributed by atoms with E-state index >= 15 is 0 Å². The number of ether oxygens (including phenoxy) is 1. The molecule has 0 aliphatic heterocycles. The van der Waals surface area contributed by atoms with Crippen molar-refractivity contribution in [3.8, 4) is 5.75 Å². The van der Waals surface area contributed by atoms with Gasteiger partial charge < -0.3 is 15.0 Å². The molecule has 0 spiro atoms. The number of nitrogens with one attached hydrogen (secondary N) is 1. The number of carbonyl (C=O) groups is 2. The van der Waals surface area contributed by atoms with E-state index in [1.165, 1.54) is 49.4 Å². The van der Waals surface area contributed by atoms with Crippen molar-refractivity contribution in [3.63, 3.8) is 0 Å². The van der Waals surface area contributed by atoms with E-state index in [4.69, 9.17) is 4.74 Å². The van der Waals surface area contributed by atoms with Crippen LogP contribution in [0.5, 0.6) is 5.75 Å². The summed E-state index contributed by atoms with van der Waals surface area (Å²) < 4.78 is 45.2. The van der Waals surface area contributed by atoms with Crippen molar-refractivity contribution in [1.29, 1.82) is 0 Å². The maximum atomic E-state index is 13.8. The molecule has 0 saturated carbocycles. The Hall–Kier alpha value is -3.92. The van der Waals surface area contributed by atoms with Gasteiger partial charge in [-0.25, -0.2) is 12.8 Å². The van der Waals surface area contributed by atoms with Crippen molar-refractivity contribution in [2.75, 3.05) is 31.3 Å². The van der Waals surface area contributed by atoms with E-state index in [1.54, 1.807) is 18.2 Å². The Kier molecular flexibility index (Phi) is 9.24. The summed E-state index contributed by atoms with van der Waals surface area (Å²) in [6, 6.07) is 20.2. The highest BCUT2D eigenvalue weighted by Crippen LogP contribution is 2.24. The lowest BCUT2D eigenvalue weighted by atomic mass is 10.0. The molecule has 0 aliphatic carbocycles. The number of benzene rings is 3. The van der Waals surface area contributed by atoms with Gasteiger partial charge >= 0.3 is 0 Å². The van der Waals surface area contributed by atoms with Crippen molar-refractivity contribution >= 4 is 27.5 Å². The fourth-order valence-corrected chi connectivity index (χ4v) is 4.73. The summed E-state index contributed by atoms with van der Waals surface area (Å²) in [5, 5.41) is 2.60. The molecule has 0 saturated heterocycles. The van der Waals surface area contributed by atoms with E-state index in [2.05, 4.69) is 5.32 Å². The number of likely N-dealkylation sites (N-methyl/N-ethyl adjacent to an activating group) is 1. The highest BCUT2D eigenvalue weighted by atomic mass is 32.2. The van der Waals surface area contributed by atoms with Gasteiger partial charge in [-0.1, -0.05) is 48.5 Å². The first-order chi connectivity index (χ1) is 17.6. The Balaban J connectivity index is 2.02. The van der Waals surface area contributed by atoms with Crippen molar-refractivity contribution in [2.45, 2.75) is 19.0 Å². The first-order valence-electron chi connectivity index (χ1n) is 11.5. The van der Waals surface area contributed by atoms with E-state index in [0.717, 1.165) is 16.1 Å². The maximum Gasteiger partial charge on any atom is 0.244 e. The highest BCUT2D eigenvalue weighted by Gasteiger charge is 2.32. The normalized spacial score (nSPS) is 11.9. The highest BCUT2D eigenvalue weighted by molar-refractivity contribution is 7.92. The zero-order valence-electron chi connectivity index (χ0n) is 20.9. The number of halogens is 1. The summed E-state index contributed by atoms with van der Waals surface area (Å²) in [5.41, 5.74) is 1.65. The van der Waals surface area contributed by atoms with E-state index in [-0.39, 0.29) is 18.7 Å². The number of hydrogen-bond donors (Lipinski definition) is 1. The van der Waals surface area contributed by atoms with Crippen LogP contribution in [0, 0.1) is 5.82 Å². The minimum absolute atomic E-state index is 0.0280. The van der Waals surface area contributed by atoms with Gasteiger partial charge in [0, 0.05) is 26.1 Å². The average Bonchev–Trinajstić information content (AvgIpc) is 2.89. The fraction of sp³-hybridized carbons (Fsp3) is 0.259. The van der Waals surface area contributed by atoms with Gasteiger partial charge in [-0.15, -0.1) is 0 Å². The zero-order chi connectivity index (χ0) is 27.0. The Morgan fingerprint density at radius 1 is 0.973 bits per heavy atom. The molecule has 0 aromatic heterocycles. The number of methoxy groups -OCH3 is 1. The van der Waals surface area contributed by atoms with Crippen LogP contribution in [0.4, 0.5) is 10.1 Å². The van der Waals surface area contributed by atoms with Gasteiger partial charge in [0.1, 0.15) is 24.2 Å².